The van der Waals surface area contributed by atoms with Crippen LogP contribution in [0, 0.1) is 0 Å². The molecule has 1 fully saturated rings. The summed E-state index contributed by atoms with van der Waals surface area (Å²) in [6.45, 7) is 1.17. The van der Waals surface area contributed by atoms with E-state index in [4.69, 9.17) is 0 Å². The molecule has 1 aliphatic heterocycles. The lowest BCUT2D eigenvalue weighted by Crippen LogP contribution is -2.23. The molecule has 3 nitrogen and oxygen atoms in total. The lowest BCUT2D eigenvalue weighted by atomic mass is 10.1. The Morgan fingerprint density at radius 2 is 2.62 bits per heavy atom. The molecule has 1 saturated heterocycles. The Labute approximate surface area is 86.6 Å². The highest BCUT2D eigenvalue weighted by Gasteiger charge is 2.16. The van der Waals surface area contributed by atoms with Crippen molar-refractivity contribution in [1.29, 1.82) is 0 Å². The van der Waals surface area contributed by atoms with Gasteiger partial charge in [0.15, 0.2) is 0 Å². The van der Waals surface area contributed by atoms with Gasteiger partial charge in [-0.2, -0.15) is 5.10 Å². The number of nitrogens with zero attached hydrogens (tertiary/aromatic N) is 2. The average molecular weight is 244 g/mol. The Bertz CT molecular complexity index is 289. The zero-order valence-electron chi connectivity index (χ0n) is 7.76. The van der Waals surface area contributed by atoms with E-state index in [9.17, 15) is 0 Å². The first kappa shape index (κ1) is 9.21. The van der Waals surface area contributed by atoms with Crippen LogP contribution in [0.4, 0.5) is 0 Å². The fraction of sp³-hybridized carbons (Fsp3) is 0.667. The number of nitrogens with one attached hydrogen (secondary N) is 1. The van der Waals surface area contributed by atoms with Crippen LogP contribution in [0.15, 0.2) is 10.8 Å². The van der Waals surface area contributed by atoms with Crippen LogP contribution in [0.3, 0.4) is 0 Å². The van der Waals surface area contributed by atoms with Crippen molar-refractivity contribution in [3.63, 3.8) is 0 Å². The van der Waals surface area contributed by atoms with Crippen molar-refractivity contribution in [2.45, 2.75) is 25.3 Å². The van der Waals surface area contributed by atoms with Crippen molar-refractivity contribution < 1.29 is 0 Å². The van der Waals surface area contributed by atoms with Crippen LogP contribution in [0.25, 0.3) is 0 Å². The summed E-state index contributed by atoms with van der Waals surface area (Å²) < 4.78 is 2.98. The van der Waals surface area contributed by atoms with Crippen LogP contribution in [0.1, 0.15) is 18.4 Å². The molecule has 2 rings (SSSR count). The fourth-order valence-corrected chi connectivity index (χ4v) is 2.16. The molecule has 1 aromatic heterocycles. The molecule has 4 heteroatoms. The molecule has 0 spiro atoms. The number of hydrogen-bond donors (Lipinski definition) is 1. The molecule has 1 aromatic rings. The minimum absolute atomic E-state index is 0.653. The van der Waals surface area contributed by atoms with Crippen LogP contribution >= 0.6 is 15.9 Å². The summed E-state index contributed by atoms with van der Waals surface area (Å²) in [4.78, 5) is 0. The van der Waals surface area contributed by atoms with Crippen LogP contribution < -0.4 is 5.32 Å². The maximum atomic E-state index is 4.20. The number of hydrogen-bond acceptors (Lipinski definition) is 2. The smallest absolute Gasteiger partial charge is 0.106 e. The lowest BCUT2D eigenvalue weighted by Gasteiger charge is -2.08. The summed E-state index contributed by atoms with van der Waals surface area (Å²) in [5, 5.41) is 7.68. The van der Waals surface area contributed by atoms with E-state index < -0.39 is 0 Å². The quantitative estimate of drug-likeness (QED) is 0.853. The van der Waals surface area contributed by atoms with E-state index in [-0.39, 0.29) is 0 Å². The average Bonchev–Trinajstić information content (AvgIpc) is 2.71. The maximum Gasteiger partial charge on any atom is 0.106 e. The zero-order chi connectivity index (χ0) is 9.26. The summed E-state index contributed by atoms with van der Waals surface area (Å²) in [7, 11) is 1.95. The van der Waals surface area contributed by atoms with E-state index in [0.29, 0.717) is 6.04 Å². The van der Waals surface area contributed by atoms with Gasteiger partial charge in [-0.05, 0) is 41.7 Å². The van der Waals surface area contributed by atoms with Gasteiger partial charge in [-0.25, -0.2) is 0 Å². The highest BCUT2D eigenvalue weighted by molar-refractivity contribution is 9.10. The molecule has 0 saturated carbocycles. The molecule has 1 atom stereocenters. The molecule has 0 aliphatic carbocycles. The van der Waals surface area contributed by atoms with Crippen LogP contribution in [-0.2, 0) is 13.5 Å². The number of rotatable bonds is 2. The van der Waals surface area contributed by atoms with Gasteiger partial charge in [0.1, 0.15) is 4.60 Å². The minimum atomic E-state index is 0.653. The third-order valence-electron chi connectivity index (χ3n) is 2.56. The highest BCUT2D eigenvalue weighted by Crippen LogP contribution is 2.19. The summed E-state index contributed by atoms with van der Waals surface area (Å²) in [5.41, 5.74) is 1.31. The Morgan fingerprint density at radius 3 is 3.15 bits per heavy atom. The van der Waals surface area contributed by atoms with Crippen molar-refractivity contribution in [3.05, 3.63) is 16.4 Å². The molecule has 0 bridgehead atoms. The maximum absolute atomic E-state index is 4.20. The molecule has 0 radical (unpaired) electrons. The van der Waals surface area contributed by atoms with Crippen LogP contribution in [0.2, 0.25) is 0 Å². The first-order valence-electron chi connectivity index (χ1n) is 4.67. The number of halogens is 1. The van der Waals surface area contributed by atoms with Gasteiger partial charge in [-0.3, -0.25) is 4.68 Å². The van der Waals surface area contributed by atoms with E-state index in [1.54, 1.807) is 0 Å². The second-order valence-electron chi connectivity index (χ2n) is 3.58. The Kier molecular flexibility index (Phi) is 2.69. The van der Waals surface area contributed by atoms with Gasteiger partial charge < -0.3 is 5.32 Å². The zero-order valence-corrected chi connectivity index (χ0v) is 9.34. The van der Waals surface area contributed by atoms with Crippen LogP contribution in [-0.4, -0.2) is 22.4 Å². The molecular formula is C9H14BrN3. The van der Waals surface area contributed by atoms with E-state index in [1.165, 1.54) is 24.9 Å². The molecule has 1 unspecified atom stereocenters. The van der Waals surface area contributed by atoms with Gasteiger partial charge >= 0.3 is 0 Å². The minimum Gasteiger partial charge on any atom is -0.314 e. The second kappa shape index (κ2) is 3.80. The molecule has 0 amide bonds. The van der Waals surface area contributed by atoms with Gasteiger partial charge in [0.2, 0.25) is 0 Å². The summed E-state index contributed by atoms with van der Waals surface area (Å²) in [6, 6.07) is 0.653. The van der Waals surface area contributed by atoms with E-state index in [0.717, 1.165) is 11.0 Å². The van der Waals surface area contributed by atoms with Crippen molar-refractivity contribution in [2.24, 2.45) is 7.05 Å². The van der Waals surface area contributed by atoms with Gasteiger partial charge in [0, 0.05) is 18.7 Å². The predicted octanol–water partition coefficient (Wildman–Crippen LogP) is 1.48. The van der Waals surface area contributed by atoms with Gasteiger partial charge in [0.25, 0.3) is 0 Å². The molecule has 0 aromatic carbocycles. The van der Waals surface area contributed by atoms with E-state index in [1.807, 2.05) is 17.9 Å². The molecule has 1 N–H and O–H groups in total. The molecular weight excluding hydrogens is 230 g/mol. The predicted molar refractivity (Wildman–Crippen MR) is 55.6 cm³/mol. The number of aromatic nitrogens is 2. The standard InChI is InChI=1S/C9H14BrN3/c1-13-9(10)7(6-12-13)5-8-3-2-4-11-8/h6,8,11H,2-5H2,1H3. The van der Waals surface area contributed by atoms with Crippen molar-refractivity contribution >= 4 is 15.9 Å². The Balaban J connectivity index is 2.04. The lowest BCUT2D eigenvalue weighted by molar-refractivity contribution is 0.601. The molecule has 2 heterocycles. The highest BCUT2D eigenvalue weighted by atomic mass is 79.9. The summed E-state index contributed by atoms with van der Waals surface area (Å²) in [5.74, 6) is 0. The van der Waals surface area contributed by atoms with E-state index in [2.05, 4.69) is 26.3 Å². The van der Waals surface area contributed by atoms with Crippen molar-refractivity contribution in [3.8, 4) is 0 Å². The third-order valence-corrected chi connectivity index (χ3v) is 3.59. The normalized spacial score (nSPS) is 22.5. The Hall–Kier alpha value is -0.350. The first-order valence-corrected chi connectivity index (χ1v) is 5.46. The first-order chi connectivity index (χ1) is 6.27. The molecule has 72 valence electrons. The Morgan fingerprint density at radius 1 is 1.77 bits per heavy atom. The van der Waals surface area contributed by atoms with Gasteiger partial charge in [0.05, 0.1) is 6.20 Å². The van der Waals surface area contributed by atoms with Crippen molar-refractivity contribution in [2.75, 3.05) is 6.54 Å². The van der Waals surface area contributed by atoms with Crippen molar-refractivity contribution in [1.82, 2.24) is 15.1 Å². The summed E-state index contributed by atoms with van der Waals surface area (Å²) in [6.07, 6.45) is 5.64. The molecule has 1 aliphatic rings. The van der Waals surface area contributed by atoms with Crippen LogP contribution in [0.5, 0.6) is 0 Å². The fourth-order valence-electron chi connectivity index (χ4n) is 1.80. The number of aryl methyl sites for hydroxylation is 1. The monoisotopic (exact) mass is 243 g/mol. The summed E-state index contributed by atoms with van der Waals surface area (Å²) >= 11 is 3.53. The van der Waals surface area contributed by atoms with E-state index >= 15 is 0 Å². The third kappa shape index (κ3) is 1.94. The largest absolute Gasteiger partial charge is 0.314 e. The van der Waals surface area contributed by atoms with Gasteiger partial charge in [-0.15, -0.1) is 0 Å². The topological polar surface area (TPSA) is 29.9 Å². The van der Waals surface area contributed by atoms with Gasteiger partial charge in [-0.1, -0.05) is 0 Å². The molecule has 13 heavy (non-hydrogen) atoms. The SMILES string of the molecule is Cn1ncc(CC2CCCN2)c1Br. The second-order valence-corrected chi connectivity index (χ2v) is 4.33.